The van der Waals surface area contributed by atoms with Gasteiger partial charge in [-0.3, -0.25) is 14.6 Å². The number of pyridine rings is 1. The highest BCUT2D eigenvalue weighted by Gasteiger charge is 2.35. The summed E-state index contributed by atoms with van der Waals surface area (Å²) in [6, 6.07) is 6.73. The lowest BCUT2D eigenvalue weighted by molar-refractivity contribution is -0.126. The number of rotatable bonds is 5. The van der Waals surface area contributed by atoms with Crippen molar-refractivity contribution in [2.24, 2.45) is 5.92 Å². The molecule has 4 rings (SSSR count). The van der Waals surface area contributed by atoms with E-state index in [9.17, 15) is 18.0 Å². The summed E-state index contributed by atoms with van der Waals surface area (Å²) in [6.45, 7) is 4.09. The molecule has 0 spiro atoms. The van der Waals surface area contributed by atoms with Gasteiger partial charge >= 0.3 is 0 Å². The number of anilines is 1. The molecule has 2 unspecified atom stereocenters. The normalized spacial score (nSPS) is 21.2. The molecule has 2 N–H and O–H groups in total. The van der Waals surface area contributed by atoms with Gasteiger partial charge in [0.05, 0.1) is 16.5 Å². The zero-order chi connectivity index (χ0) is 22.9. The second kappa shape index (κ2) is 8.87. The molecule has 10 heteroatoms. The van der Waals surface area contributed by atoms with Crippen LogP contribution in [0, 0.1) is 12.8 Å². The monoisotopic (exact) mass is 458 g/mol. The number of hydrogen-bond acceptors (Lipinski definition) is 6. The van der Waals surface area contributed by atoms with Crippen LogP contribution in [0.1, 0.15) is 30.9 Å². The number of ether oxygens (including phenoxy) is 1. The molecule has 1 aromatic carbocycles. The van der Waals surface area contributed by atoms with Crippen molar-refractivity contribution >= 4 is 27.5 Å². The van der Waals surface area contributed by atoms with Gasteiger partial charge in [-0.1, -0.05) is 6.07 Å². The van der Waals surface area contributed by atoms with Crippen molar-refractivity contribution in [2.45, 2.75) is 44.2 Å². The maximum absolute atomic E-state index is 13.4. The van der Waals surface area contributed by atoms with E-state index in [4.69, 9.17) is 4.74 Å². The molecule has 2 aromatic rings. The molecule has 9 nitrogen and oxygen atoms in total. The summed E-state index contributed by atoms with van der Waals surface area (Å²) in [5.41, 5.74) is 1.84. The summed E-state index contributed by atoms with van der Waals surface area (Å²) < 4.78 is 33.8. The Labute approximate surface area is 187 Å². The molecule has 2 aliphatic heterocycles. The lowest BCUT2D eigenvalue weighted by atomic mass is 9.99. The number of carbonyl (C=O) groups is 2. The van der Waals surface area contributed by atoms with Gasteiger partial charge in [0.2, 0.25) is 15.9 Å². The molecule has 32 heavy (non-hydrogen) atoms. The molecular weight excluding hydrogens is 432 g/mol. The zero-order valence-electron chi connectivity index (χ0n) is 18.0. The number of aromatic nitrogens is 1. The largest absolute Gasteiger partial charge is 0.479 e. The van der Waals surface area contributed by atoms with E-state index in [0.717, 1.165) is 5.56 Å². The number of nitrogens with zero attached hydrogens (tertiary/aromatic N) is 2. The van der Waals surface area contributed by atoms with Crippen molar-refractivity contribution in [2.75, 3.05) is 18.4 Å². The van der Waals surface area contributed by atoms with E-state index in [1.807, 2.05) is 6.07 Å². The average molecular weight is 459 g/mol. The Morgan fingerprint density at radius 3 is 2.94 bits per heavy atom. The summed E-state index contributed by atoms with van der Waals surface area (Å²) in [5, 5.41) is 5.61. The first kappa shape index (κ1) is 22.2. The van der Waals surface area contributed by atoms with E-state index in [0.29, 0.717) is 42.9 Å². The van der Waals surface area contributed by atoms with Crippen LogP contribution in [0.4, 0.5) is 5.69 Å². The van der Waals surface area contributed by atoms with Crippen LogP contribution in [0.25, 0.3) is 0 Å². The van der Waals surface area contributed by atoms with E-state index in [2.05, 4.69) is 15.6 Å². The maximum Gasteiger partial charge on any atom is 0.265 e. The number of nitrogens with one attached hydrogen (secondary N) is 2. The van der Waals surface area contributed by atoms with Crippen molar-refractivity contribution in [1.82, 2.24) is 14.6 Å². The van der Waals surface area contributed by atoms with Gasteiger partial charge in [0, 0.05) is 38.1 Å². The number of sulfonamides is 1. The third-order valence-electron chi connectivity index (χ3n) is 5.77. The topological polar surface area (TPSA) is 118 Å². The number of hydrogen-bond donors (Lipinski definition) is 2. The highest BCUT2D eigenvalue weighted by Crippen LogP contribution is 2.36. The molecular formula is C22H26N4O5S. The second-order valence-corrected chi connectivity index (χ2v) is 10.1. The van der Waals surface area contributed by atoms with E-state index >= 15 is 0 Å². The highest BCUT2D eigenvalue weighted by atomic mass is 32.2. The van der Waals surface area contributed by atoms with Crippen LogP contribution < -0.4 is 15.4 Å². The van der Waals surface area contributed by atoms with Crippen LogP contribution in [0.2, 0.25) is 0 Å². The SMILES string of the molecule is Cc1cc2c(cc1S(=O)(=O)N1CCCC(C(=O)NCc3cccnc3)C1)OC(C)C(=O)N2. The molecule has 0 bridgehead atoms. The van der Waals surface area contributed by atoms with E-state index in [1.165, 1.54) is 10.4 Å². The number of fused-ring (bicyclic) bond motifs is 1. The average Bonchev–Trinajstić information content (AvgIpc) is 2.79. The number of amides is 2. The van der Waals surface area contributed by atoms with Crippen LogP contribution >= 0.6 is 0 Å². The van der Waals surface area contributed by atoms with Gasteiger partial charge in [0.15, 0.2) is 6.10 Å². The summed E-state index contributed by atoms with van der Waals surface area (Å²) in [6.07, 6.45) is 3.86. The van der Waals surface area contributed by atoms with Crippen LogP contribution in [-0.4, -0.2) is 48.7 Å². The lowest BCUT2D eigenvalue weighted by Crippen LogP contribution is -2.45. The fourth-order valence-electron chi connectivity index (χ4n) is 3.97. The molecule has 0 radical (unpaired) electrons. The number of carbonyl (C=O) groups excluding carboxylic acids is 2. The Bertz CT molecular complexity index is 1140. The van der Waals surface area contributed by atoms with Crippen molar-refractivity contribution in [3.63, 3.8) is 0 Å². The minimum absolute atomic E-state index is 0.117. The lowest BCUT2D eigenvalue weighted by Gasteiger charge is -2.32. The quantitative estimate of drug-likeness (QED) is 0.706. The molecule has 1 aromatic heterocycles. The fraction of sp³-hybridized carbons (Fsp3) is 0.409. The molecule has 0 saturated carbocycles. The third-order valence-corrected chi connectivity index (χ3v) is 7.78. The van der Waals surface area contributed by atoms with Crippen LogP contribution in [-0.2, 0) is 26.2 Å². The van der Waals surface area contributed by atoms with Crippen molar-refractivity contribution < 1.29 is 22.7 Å². The first-order chi connectivity index (χ1) is 15.3. The van der Waals surface area contributed by atoms with Gasteiger partial charge in [-0.15, -0.1) is 0 Å². The van der Waals surface area contributed by atoms with Gasteiger partial charge in [-0.2, -0.15) is 4.31 Å². The summed E-state index contributed by atoms with van der Waals surface area (Å²) in [7, 11) is -3.84. The number of piperidine rings is 1. The third kappa shape index (κ3) is 4.46. The Hall–Kier alpha value is -2.98. The first-order valence-electron chi connectivity index (χ1n) is 10.5. The Kier molecular flexibility index (Phi) is 6.16. The van der Waals surface area contributed by atoms with E-state index in [1.54, 1.807) is 38.4 Å². The number of benzene rings is 1. The van der Waals surface area contributed by atoms with Crippen molar-refractivity contribution in [1.29, 1.82) is 0 Å². The maximum atomic E-state index is 13.4. The van der Waals surface area contributed by atoms with Gasteiger partial charge in [-0.05, 0) is 49.9 Å². The summed E-state index contributed by atoms with van der Waals surface area (Å²) in [4.78, 5) is 28.7. The molecule has 0 aliphatic carbocycles. The second-order valence-electron chi connectivity index (χ2n) is 8.14. The summed E-state index contributed by atoms with van der Waals surface area (Å²) in [5.74, 6) is -0.549. The van der Waals surface area contributed by atoms with Crippen LogP contribution in [0.3, 0.4) is 0 Å². The Morgan fingerprint density at radius 1 is 1.38 bits per heavy atom. The van der Waals surface area contributed by atoms with Gasteiger partial charge < -0.3 is 15.4 Å². The molecule has 2 amide bonds. The van der Waals surface area contributed by atoms with Gasteiger partial charge in [-0.25, -0.2) is 8.42 Å². The molecule has 170 valence electrons. The predicted molar refractivity (Wildman–Crippen MR) is 117 cm³/mol. The van der Waals surface area contributed by atoms with Crippen molar-refractivity contribution in [3.8, 4) is 5.75 Å². The number of aryl methyl sites for hydroxylation is 1. The van der Waals surface area contributed by atoms with Crippen LogP contribution in [0.5, 0.6) is 5.75 Å². The zero-order valence-corrected chi connectivity index (χ0v) is 18.8. The van der Waals surface area contributed by atoms with Crippen LogP contribution in [0.15, 0.2) is 41.6 Å². The van der Waals surface area contributed by atoms with Crippen molar-refractivity contribution in [3.05, 3.63) is 47.8 Å². The van der Waals surface area contributed by atoms with Gasteiger partial charge in [0.1, 0.15) is 5.75 Å². The predicted octanol–water partition coefficient (Wildman–Crippen LogP) is 1.83. The van der Waals surface area contributed by atoms with Gasteiger partial charge in [0.25, 0.3) is 5.91 Å². The highest BCUT2D eigenvalue weighted by molar-refractivity contribution is 7.89. The fourth-order valence-corrected chi connectivity index (χ4v) is 5.72. The summed E-state index contributed by atoms with van der Waals surface area (Å²) >= 11 is 0. The Morgan fingerprint density at radius 2 is 2.19 bits per heavy atom. The van der Waals surface area contributed by atoms with E-state index < -0.39 is 22.0 Å². The minimum Gasteiger partial charge on any atom is -0.479 e. The van der Waals surface area contributed by atoms with E-state index in [-0.39, 0.29) is 23.3 Å². The molecule has 3 heterocycles. The standard InChI is InChI=1S/C22H26N4O5S/c1-14-9-18-19(31-15(2)21(27)25-18)10-20(14)32(29,30)26-8-4-6-17(13-26)22(28)24-12-16-5-3-7-23-11-16/h3,5,7,9-11,15,17H,4,6,8,12-13H2,1-2H3,(H,24,28)(H,25,27). The molecule has 2 atom stereocenters. The minimum atomic E-state index is -3.84. The smallest absolute Gasteiger partial charge is 0.265 e. The molecule has 2 aliphatic rings. The Balaban J connectivity index is 1.50. The first-order valence-corrected chi connectivity index (χ1v) is 12.0. The molecule has 1 saturated heterocycles. The molecule has 1 fully saturated rings.